The van der Waals surface area contributed by atoms with Crippen LogP contribution in [0.15, 0.2) is 41.4 Å². The number of nitrogens with zero attached hydrogens (tertiary/aromatic N) is 2. The van der Waals surface area contributed by atoms with Gasteiger partial charge in [-0.1, -0.05) is 25.1 Å². The number of piperidine rings is 1. The van der Waals surface area contributed by atoms with Crippen LogP contribution in [-0.2, 0) is 15.4 Å². The summed E-state index contributed by atoms with van der Waals surface area (Å²) in [6.07, 6.45) is 2.60. The Morgan fingerprint density at radius 2 is 1.88 bits per heavy atom. The number of nitrogens with two attached hydrogens (primary N) is 1. The molecule has 1 saturated heterocycles. The van der Waals surface area contributed by atoms with E-state index in [9.17, 15) is 13.2 Å². The van der Waals surface area contributed by atoms with Crippen molar-refractivity contribution in [3.05, 3.63) is 47.8 Å². The molecule has 1 fully saturated rings. The first kappa shape index (κ1) is 16.7. The Labute approximate surface area is 140 Å². The minimum absolute atomic E-state index is 0.299. The van der Waals surface area contributed by atoms with Gasteiger partial charge in [0, 0.05) is 18.5 Å². The molecule has 128 valence electrons. The molecule has 0 atom stereocenters. The molecule has 8 heteroatoms. The summed E-state index contributed by atoms with van der Waals surface area (Å²) in [7, 11) is -3.49. The van der Waals surface area contributed by atoms with Crippen molar-refractivity contribution in [3.63, 3.8) is 0 Å². The summed E-state index contributed by atoms with van der Waals surface area (Å²) < 4.78 is 26.9. The van der Waals surface area contributed by atoms with E-state index in [0.717, 1.165) is 0 Å². The zero-order valence-corrected chi connectivity index (χ0v) is 14.2. The Bertz CT molecular complexity index is 837. The standard InChI is InChI=1S/C16H20N4O3S/c1-16(14-13(15(17)21)11-18-19-14)7-9-20(10-8-16)24(22,23)12-5-3-2-4-6-12/h2-6,11H,7-10H2,1H3,(H2,17,21)(H,18,19). The average Bonchev–Trinajstić information content (AvgIpc) is 3.07. The van der Waals surface area contributed by atoms with Crippen molar-refractivity contribution in [2.45, 2.75) is 30.1 Å². The van der Waals surface area contributed by atoms with Crippen molar-refractivity contribution in [2.75, 3.05) is 13.1 Å². The summed E-state index contributed by atoms with van der Waals surface area (Å²) in [6.45, 7) is 2.76. The lowest BCUT2D eigenvalue weighted by atomic mass is 9.76. The van der Waals surface area contributed by atoms with E-state index in [-0.39, 0.29) is 5.41 Å². The number of hydrogen-bond donors (Lipinski definition) is 2. The predicted molar refractivity (Wildman–Crippen MR) is 88.9 cm³/mol. The first-order chi connectivity index (χ1) is 11.3. The SMILES string of the molecule is CC1(c2[nH]ncc2C(N)=O)CCN(S(=O)(=O)c2ccccc2)CC1. The number of aromatic amines is 1. The normalized spacial score (nSPS) is 18.4. The van der Waals surface area contributed by atoms with E-state index in [1.54, 1.807) is 30.3 Å². The molecule has 7 nitrogen and oxygen atoms in total. The first-order valence-corrected chi connectivity index (χ1v) is 9.17. The number of benzene rings is 1. The number of amides is 1. The summed E-state index contributed by atoms with van der Waals surface area (Å²) in [5, 5.41) is 6.79. The van der Waals surface area contributed by atoms with Gasteiger partial charge in [0.2, 0.25) is 10.0 Å². The second-order valence-corrected chi connectivity index (χ2v) is 8.24. The molecule has 0 bridgehead atoms. The van der Waals surface area contributed by atoms with Crippen molar-refractivity contribution in [3.8, 4) is 0 Å². The van der Waals surface area contributed by atoms with Crippen molar-refractivity contribution in [2.24, 2.45) is 5.73 Å². The van der Waals surface area contributed by atoms with Gasteiger partial charge < -0.3 is 5.73 Å². The minimum Gasteiger partial charge on any atom is -0.365 e. The number of H-pyrrole nitrogens is 1. The number of carbonyl (C=O) groups excluding carboxylic acids is 1. The zero-order valence-electron chi connectivity index (χ0n) is 13.4. The smallest absolute Gasteiger partial charge is 0.252 e. The molecule has 1 aliphatic rings. The minimum atomic E-state index is -3.49. The van der Waals surface area contributed by atoms with Gasteiger partial charge in [-0.15, -0.1) is 0 Å². The molecule has 2 aromatic rings. The monoisotopic (exact) mass is 348 g/mol. The molecule has 1 aliphatic heterocycles. The number of nitrogens with one attached hydrogen (secondary N) is 1. The van der Waals surface area contributed by atoms with Crippen LogP contribution in [0.1, 0.15) is 35.8 Å². The molecule has 3 rings (SSSR count). The molecule has 0 unspecified atom stereocenters. The summed E-state index contributed by atoms with van der Waals surface area (Å²) in [4.78, 5) is 11.8. The van der Waals surface area contributed by atoms with Gasteiger partial charge in [0.15, 0.2) is 0 Å². The summed E-state index contributed by atoms with van der Waals surface area (Å²) in [5.74, 6) is -0.528. The fraction of sp³-hybridized carbons (Fsp3) is 0.375. The number of rotatable bonds is 4. The lowest BCUT2D eigenvalue weighted by molar-refractivity contribution is 0.0996. The van der Waals surface area contributed by atoms with E-state index in [0.29, 0.717) is 42.1 Å². The predicted octanol–water partition coefficient (Wildman–Crippen LogP) is 1.25. The van der Waals surface area contributed by atoms with Crippen LogP contribution in [0.2, 0.25) is 0 Å². The highest BCUT2D eigenvalue weighted by Crippen LogP contribution is 2.37. The molecular weight excluding hydrogens is 328 g/mol. The third-order valence-electron chi connectivity index (χ3n) is 4.72. The Hall–Kier alpha value is -2.19. The van der Waals surface area contributed by atoms with Crippen LogP contribution in [0, 0.1) is 0 Å². The highest BCUT2D eigenvalue weighted by Gasteiger charge is 2.39. The van der Waals surface area contributed by atoms with Crippen molar-refractivity contribution in [1.29, 1.82) is 0 Å². The second kappa shape index (κ2) is 6.03. The topological polar surface area (TPSA) is 109 Å². The number of sulfonamides is 1. The van der Waals surface area contributed by atoms with Crippen LogP contribution in [0.5, 0.6) is 0 Å². The maximum atomic E-state index is 12.7. The van der Waals surface area contributed by atoms with E-state index in [1.165, 1.54) is 10.5 Å². The first-order valence-electron chi connectivity index (χ1n) is 7.73. The quantitative estimate of drug-likeness (QED) is 0.866. The average molecular weight is 348 g/mol. The van der Waals surface area contributed by atoms with Gasteiger partial charge in [0.25, 0.3) is 5.91 Å². The Morgan fingerprint density at radius 1 is 1.25 bits per heavy atom. The number of aromatic nitrogens is 2. The fourth-order valence-corrected chi connectivity index (χ4v) is 4.61. The molecule has 24 heavy (non-hydrogen) atoms. The van der Waals surface area contributed by atoms with Gasteiger partial charge >= 0.3 is 0 Å². The number of hydrogen-bond acceptors (Lipinski definition) is 4. The maximum Gasteiger partial charge on any atom is 0.252 e. The molecule has 0 spiro atoms. The largest absolute Gasteiger partial charge is 0.365 e. The van der Waals surface area contributed by atoms with Gasteiger partial charge in [-0.3, -0.25) is 9.89 Å². The second-order valence-electron chi connectivity index (χ2n) is 6.30. The number of primary amides is 1. The third-order valence-corrected chi connectivity index (χ3v) is 6.63. The molecule has 3 N–H and O–H groups in total. The molecule has 1 aromatic heterocycles. The van der Waals surface area contributed by atoms with Crippen molar-refractivity contribution in [1.82, 2.24) is 14.5 Å². The van der Waals surface area contributed by atoms with Crippen LogP contribution < -0.4 is 5.73 Å². The molecule has 0 saturated carbocycles. The van der Waals surface area contributed by atoms with E-state index < -0.39 is 15.9 Å². The maximum absolute atomic E-state index is 12.7. The van der Waals surface area contributed by atoms with E-state index >= 15 is 0 Å². The number of carbonyl (C=O) groups is 1. The third kappa shape index (κ3) is 2.83. The molecule has 0 radical (unpaired) electrons. The highest BCUT2D eigenvalue weighted by atomic mass is 32.2. The molecular formula is C16H20N4O3S. The zero-order chi connectivity index (χ0) is 17.4. The van der Waals surface area contributed by atoms with Gasteiger partial charge in [-0.05, 0) is 25.0 Å². The van der Waals surface area contributed by atoms with Gasteiger partial charge in [-0.2, -0.15) is 9.40 Å². The molecule has 1 aromatic carbocycles. The van der Waals surface area contributed by atoms with Crippen LogP contribution in [0.4, 0.5) is 0 Å². The van der Waals surface area contributed by atoms with Crippen LogP contribution >= 0.6 is 0 Å². The van der Waals surface area contributed by atoms with Gasteiger partial charge in [-0.25, -0.2) is 8.42 Å². The van der Waals surface area contributed by atoms with Crippen molar-refractivity contribution >= 4 is 15.9 Å². The van der Waals surface area contributed by atoms with Crippen LogP contribution in [0.3, 0.4) is 0 Å². The Morgan fingerprint density at radius 3 is 2.46 bits per heavy atom. The van der Waals surface area contributed by atoms with Crippen LogP contribution in [-0.4, -0.2) is 41.9 Å². The van der Waals surface area contributed by atoms with E-state index in [4.69, 9.17) is 5.73 Å². The fourth-order valence-electron chi connectivity index (χ4n) is 3.14. The van der Waals surface area contributed by atoms with Gasteiger partial charge in [0.05, 0.1) is 22.3 Å². The van der Waals surface area contributed by atoms with E-state index in [2.05, 4.69) is 10.2 Å². The highest BCUT2D eigenvalue weighted by molar-refractivity contribution is 7.89. The molecule has 0 aliphatic carbocycles. The summed E-state index contributed by atoms with van der Waals surface area (Å²) in [6, 6.07) is 8.41. The van der Waals surface area contributed by atoms with Gasteiger partial charge in [0.1, 0.15) is 0 Å². The summed E-state index contributed by atoms with van der Waals surface area (Å²) >= 11 is 0. The lowest BCUT2D eigenvalue weighted by Crippen LogP contribution is -2.44. The molecule has 2 heterocycles. The Kier molecular flexibility index (Phi) is 4.18. The lowest BCUT2D eigenvalue weighted by Gasteiger charge is -2.38. The van der Waals surface area contributed by atoms with Crippen molar-refractivity contribution < 1.29 is 13.2 Å². The summed E-state index contributed by atoms with van der Waals surface area (Å²) in [5.41, 5.74) is 6.09. The van der Waals surface area contributed by atoms with E-state index in [1.807, 2.05) is 6.92 Å². The molecule has 1 amide bonds. The van der Waals surface area contributed by atoms with Crippen LogP contribution in [0.25, 0.3) is 0 Å². The Balaban J connectivity index is 1.81.